The molecule has 2 heterocycles. The van der Waals surface area contributed by atoms with E-state index in [0.29, 0.717) is 57.5 Å². The van der Waals surface area contributed by atoms with Gasteiger partial charge in [0.2, 0.25) is 0 Å². The Morgan fingerprint density at radius 3 is 2.58 bits per heavy atom. The van der Waals surface area contributed by atoms with E-state index < -0.39 is 10.5 Å². The summed E-state index contributed by atoms with van der Waals surface area (Å²) < 4.78 is 47.9. The lowest BCUT2D eigenvalue weighted by Gasteiger charge is -2.18. The third-order valence-electron chi connectivity index (χ3n) is 6.30. The predicted octanol–water partition coefficient (Wildman–Crippen LogP) is 5.93. The number of aromatic amines is 1. The van der Waals surface area contributed by atoms with Gasteiger partial charge in [-0.1, -0.05) is 41.9 Å². The van der Waals surface area contributed by atoms with Gasteiger partial charge in [-0.3, -0.25) is 4.79 Å². The molecule has 0 bridgehead atoms. The van der Waals surface area contributed by atoms with Crippen molar-refractivity contribution in [3.8, 4) is 35.0 Å². The van der Waals surface area contributed by atoms with E-state index in [9.17, 15) is 17.1 Å². The van der Waals surface area contributed by atoms with Gasteiger partial charge in [0.25, 0.3) is 0 Å². The van der Waals surface area contributed by atoms with Crippen molar-refractivity contribution in [2.75, 3.05) is 6.61 Å². The van der Waals surface area contributed by atoms with Crippen molar-refractivity contribution in [1.82, 2.24) is 9.55 Å². The molecule has 194 valence electrons. The Hall–Kier alpha value is -4.29. The van der Waals surface area contributed by atoms with E-state index in [2.05, 4.69) is 15.1 Å². The van der Waals surface area contributed by atoms with Crippen LogP contribution in [0.5, 0.6) is 11.5 Å². The lowest BCUT2D eigenvalue weighted by molar-refractivity contribution is 0.272. The second-order valence-corrected chi connectivity index (χ2v) is 10.4. The fourth-order valence-electron chi connectivity index (χ4n) is 4.69. The number of ether oxygens (including phenoxy) is 1. The number of fused-ring (bicyclic) bond motifs is 4. The molecule has 0 spiro atoms. The fraction of sp³-hybridized carbons (Fsp3) is 0.207. The summed E-state index contributed by atoms with van der Waals surface area (Å²) in [4.78, 5) is 17.2. The topological polar surface area (TPSA) is 90.4 Å². The molecule has 5 rings (SSSR count). The van der Waals surface area contributed by atoms with E-state index in [1.165, 1.54) is 12.1 Å². The molecule has 0 amide bonds. The molecule has 2 aromatic heterocycles. The molecule has 0 aliphatic rings. The van der Waals surface area contributed by atoms with E-state index in [1.54, 1.807) is 18.2 Å². The van der Waals surface area contributed by atoms with Gasteiger partial charge in [-0.25, -0.2) is 0 Å². The summed E-state index contributed by atoms with van der Waals surface area (Å²) in [7, 11) is -5.19. The molecule has 1 N–H and O–H groups in total. The second-order valence-electron chi connectivity index (χ2n) is 9.40. The minimum atomic E-state index is -5.19. The number of aryl methyl sites for hydroxylation is 1. The van der Waals surface area contributed by atoms with Gasteiger partial charge in [0.15, 0.2) is 5.43 Å². The van der Waals surface area contributed by atoms with Gasteiger partial charge in [-0.05, 0) is 54.8 Å². The van der Waals surface area contributed by atoms with Gasteiger partial charge in [0.05, 0.1) is 22.9 Å². The summed E-state index contributed by atoms with van der Waals surface area (Å²) in [5.74, 6) is 3.10. The normalized spacial score (nSPS) is 11.9. The summed E-state index contributed by atoms with van der Waals surface area (Å²) >= 11 is 0. The van der Waals surface area contributed by atoms with Crippen molar-refractivity contribution in [2.45, 2.75) is 27.3 Å². The Balaban J connectivity index is 1.83. The van der Waals surface area contributed by atoms with Crippen LogP contribution >= 0.6 is 0 Å². The Kier molecular flexibility index (Phi) is 6.37. The predicted molar refractivity (Wildman–Crippen MR) is 148 cm³/mol. The SMILES string of the molecule is C#Cc1ccc2c(c1)[nH]c1c2c(=O)c2cc(OCC(C)C)c(-c3cccc(OS(=O)(=O)F)c3)cc2n1CC. The zero-order chi connectivity index (χ0) is 27.2. The molecule has 0 radical (unpaired) electrons. The highest BCUT2D eigenvalue weighted by Gasteiger charge is 2.20. The number of rotatable bonds is 7. The van der Waals surface area contributed by atoms with Crippen molar-refractivity contribution < 1.29 is 21.2 Å². The van der Waals surface area contributed by atoms with Crippen LogP contribution in [0.25, 0.3) is 44.0 Å². The highest BCUT2D eigenvalue weighted by Crippen LogP contribution is 2.37. The molecule has 7 nitrogen and oxygen atoms in total. The molecule has 0 aliphatic heterocycles. The number of terminal acetylenes is 1. The van der Waals surface area contributed by atoms with Crippen molar-refractivity contribution >= 4 is 43.3 Å². The average molecular weight is 533 g/mol. The van der Waals surface area contributed by atoms with E-state index in [1.807, 2.05) is 49.6 Å². The Morgan fingerprint density at radius 2 is 1.89 bits per heavy atom. The highest BCUT2D eigenvalue weighted by molar-refractivity contribution is 7.81. The molecular weight excluding hydrogens is 507 g/mol. The first-order valence-corrected chi connectivity index (χ1v) is 13.4. The average Bonchev–Trinajstić information content (AvgIpc) is 3.25. The van der Waals surface area contributed by atoms with Crippen molar-refractivity contribution in [3.05, 3.63) is 70.4 Å². The van der Waals surface area contributed by atoms with Crippen LogP contribution in [0, 0.1) is 18.3 Å². The molecule has 0 unspecified atom stereocenters. The van der Waals surface area contributed by atoms with Crippen LogP contribution in [0.1, 0.15) is 26.3 Å². The van der Waals surface area contributed by atoms with Gasteiger partial charge < -0.3 is 18.5 Å². The maximum atomic E-state index is 13.9. The molecule has 0 fully saturated rings. The van der Waals surface area contributed by atoms with Crippen LogP contribution in [0.2, 0.25) is 0 Å². The number of H-pyrrole nitrogens is 1. The fourth-order valence-corrected chi connectivity index (χ4v) is 5.03. The number of nitrogens with zero attached hydrogens (tertiary/aromatic N) is 1. The zero-order valence-electron chi connectivity index (χ0n) is 21.0. The number of hydrogen-bond acceptors (Lipinski definition) is 5. The quantitative estimate of drug-likeness (QED) is 0.207. The number of nitrogens with one attached hydrogen (secondary N) is 1. The lowest BCUT2D eigenvalue weighted by Crippen LogP contribution is -2.12. The van der Waals surface area contributed by atoms with Crippen LogP contribution in [-0.4, -0.2) is 24.6 Å². The van der Waals surface area contributed by atoms with Crippen molar-refractivity contribution in [1.29, 1.82) is 0 Å². The number of pyridine rings is 1. The molecular formula is C29H25FN2O5S. The monoisotopic (exact) mass is 532 g/mol. The van der Waals surface area contributed by atoms with E-state index in [4.69, 9.17) is 11.2 Å². The van der Waals surface area contributed by atoms with Crippen LogP contribution < -0.4 is 14.3 Å². The van der Waals surface area contributed by atoms with Crippen LogP contribution in [0.3, 0.4) is 0 Å². The molecule has 0 saturated heterocycles. The molecule has 0 saturated carbocycles. The first kappa shape index (κ1) is 25.4. The maximum Gasteiger partial charge on any atom is 0.488 e. The standard InChI is InChI=1S/C29H25FN2O5S/c1-5-18-10-11-21-24(12-18)31-29-27(21)28(33)23-15-26(36-16-17(3)4)22(14-25(23)32(29)6-2)19-8-7-9-20(13-19)37-38(30,34)35/h1,7-15,17,31H,6,16H2,2-4H3. The van der Waals surface area contributed by atoms with Crippen LogP contribution in [0.15, 0.2) is 59.4 Å². The zero-order valence-corrected chi connectivity index (χ0v) is 21.9. The minimum Gasteiger partial charge on any atom is -0.493 e. The Bertz CT molecular complexity index is 1930. The van der Waals surface area contributed by atoms with Gasteiger partial charge >= 0.3 is 10.5 Å². The second kappa shape index (κ2) is 9.54. The molecule has 0 aliphatic carbocycles. The Morgan fingerprint density at radius 1 is 1.11 bits per heavy atom. The third kappa shape index (κ3) is 4.59. The van der Waals surface area contributed by atoms with Crippen LogP contribution in [0.4, 0.5) is 3.89 Å². The summed E-state index contributed by atoms with van der Waals surface area (Å²) in [6, 6.07) is 15.1. The summed E-state index contributed by atoms with van der Waals surface area (Å²) in [6.07, 6.45) is 5.58. The first-order chi connectivity index (χ1) is 18.1. The largest absolute Gasteiger partial charge is 0.493 e. The maximum absolute atomic E-state index is 13.9. The Labute approximate surface area is 219 Å². The van der Waals surface area contributed by atoms with Crippen molar-refractivity contribution in [3.63, 3.8) is 0 Å². The van der Waals surface area contributed by atoms with Gasteiger partial charge in [-0.2, -0.15) is 8.42 Å². The highest BCUT2D eigenvalue weighted by atomic mass is 32.3. The smallest absolute Gasteiger partial charge is 0.488 e. The van der Waals surface area contributed by atoms with Gasteiger partial charge in [-0.15, -0.1) is 6.42 Å². The molecule has 0 atom stereocenters. The lowest BCUT2D eigenvalue weighted by atomic mass is 10.0. The van der Waals surface area contributed by atoms with E-state index in [0.717, 1.165) is 10.9 Å². The van der Waals surface area contributed by atoms with Gasteiger partial charge in [0, 0.05) is 28.6 Å². The summed E-state index contributed by atoms with van der Waals surface area (Å²) in [5, 5.41) is 1.81. The summed E-state index contributed by atoms with van der Waals surface area (Å²) in [6.45, 7) is 6.93. The number of benzene rings is 3. The first-order valence-electron chi connectivity index (χ1n) is 12.1. The van der Waals surface area contributed by atoms with Gasteiger partial charge in [0.1, 0.15) is 17.1 Å². The molecule has 5 aromatic rings. The van der Waals surface area contributed by atoms with E-state index in [-0.39, 0.29) is 17.1 Å². The number of hydrogen-bond donors (Lipinski definition) is 1. The number of aromatic nitrogens is 2. The summed E-state index contributed by atoms with van der Waals surface area (Å²) in [5.41, 5.74) is 3.78. The molecule has 38 heavy (non-hydrogen) atoms. The molecule has 3 aromatic carbocycles. The van der Waals surface area contributed by atoms with E-state index >= 15 is 0 Å². The third-order valence-corrected chi connectivity index (χ3v) is 6.70. The molecule has 9 heteroatoms. The minimum absolute atomic E-state index is 0.152. The number of halogens is 1. The van der Waals surface area contributed by atoms with Crippen molar-refractivity contribution in [2.24, 2.45) is 5.92 Å². The van der Waals surface area contributed by atoms with Crippen LogP contribution in [-0.2, 0) is 17.0 Å².